The first-order valence-electron chi connectivity index (χ1n) is 4.68. The summed E-state index contributed by atoms with van der Waals surface area (Å²) in [5, 5.41) is 8.57. The molecule has 3 nitrogen and oxygen atoms in total. The molecule has 0 bridgehead atoms. The van der Waals surface area contributed by atoms with E-state index < -0.39 is 5.97 Å². The SMILES string of the molecule is CN(C)c1ccc(F)cc1CCC(=O)O. The van der Waals surface area contributed by atoms with Crippen LogP contribution in [0.5, 0.6) is 0 Å². The summed E-state index contributed by atoms with van der Waals surface area (Å²) in [6, 6.07) is 4.42. The Hall–Kier alpha value is -1.58. The zero-order valence-corrected chi connectivity index (χ0v) is 8.83. The van der Waals surface area contributed by atoms with Gasteiger partial charge in [0.25, 0.3) is 0 Å². The molecule has 0 aliphatic rings. The van der Waals surface area contributed by atoms with Crippen LogP contribution in [0, 0.1) is 5.82 Å². The fourth-order valence-electron chi connectivity index (χ4n) is 1.43. The van der Waals surface area contributed by atoms with Gasteiger partial charge in [-0.25, -0.2) is 4.39 Å². The molecular weight excluding hydrogens is 197 g/mol. The highest BCUT2D eigenvalue weighted by Gasteiger charge is 2.07. The maximum Gasteiger partial charge on any atom is 0.303 e. The van der Waals surface area contributed by atoms with E-state index >= 15 is 0 Å². The van der Waals surface area contributed by atoms with E-state index in [4.69, 9.17) is 5.11 Å². The molecule has 0 saturated carbocycles. The molecule has 1 rings (SSSR count). The number of carboxylic acid groups (broad SMARTS) is 1. The van der Waals surface area contributed by atoms with Crippen LogP contribution in [0.1, 0.15) is 12.0 Å². The van der Waals surface area contributed by atoms with Crippen molar-refractivity contribution >= 4 is 11.7 Å². The van der Waals surface area contributed by atoms with Crippen LogP contribution in [0.15, 0.2) is 18.2 Å². The number of hydrogen-bond acceptors (Lipinski definition) is 2. The van der Waals surface area contributed by atoms with Crippen LogP contribution in [0.2, 0.25) is 0 Å². The van der Waals surface area contributed by atoms with Gasteiger partial charge in [0.15, 0.2) is 0 Å². The van der Waals surface area contributed by atoms with Crippen LogP contribution in [0.4, 0.5) is 10.1 Å². The lowest BCUT2D eigenvalue weighted by Gasteiger charge is -2.17. The summed E-state index contributed by atoms with van der Waals surface area (Å²) in [5.74, 6) is -1.20. The molecule has 0 radical (unpaired) electrons. The molecule has 15 heavy (non-hydrogen) atoms. The molecule has 82 valence electrons. The molecule has 1 aromatic carbocycles. The summed E-state index contributed by atoms with van der Waals surface area (Å²) in [6.07, 6.45) is 0.366. The lowest BCUT2D eigenvalue weighted by molar-refractivity contribution is -0.136. The van der Waals surface area contributed by atoms with Gasteiger partial charge in [-0.2, -0.15) is 0 Å². The molecule has 1 N–H and O–H groups in total. The van der Waals surface area contributed by atoms with E-state index in [-0.39, 0.29) is 12.2 Å². The summed E-state index contributed by atoms with van der Waals surface area (Å²) in [7, 11) is 3.69. The van der Waals surface area contributed by atoms with Gasteiger partial charge in [-0.15, -0.1) is 0 Å². The molecule has 0 heterocycles. The Morgan fingerprint density at radius 3 is 2.67 bits per heavy atom. The van der Waals surface area contributed by atoms with Crippen molar-refractivity contribution in [2.24, 2.45) is 0 Å². The van der Waals surface area contributed by atoms with Crippen molar-refractivity contribution in [2.45, 2.75) is 12.8 Å². The number of hydrogen-bond donors (Lipinski definition) is 1. The monoisotopic (exact) mass is 211 g/mol. The van der Waals surface area contributed by atoms with Gasteiger partial charge in [-0.3, -0.25) is 4.79 Å². The number of carboxylic acids is 1. The van der Waals surface area contributed by atoms with Crippen molar-refractivity contribution in [1.82, 2.24) is 0 Å². The number of anilines is 1. The summed E-state index contributed by atoms with van der Waals surface area (Å²) in [4.78, 5) is 12.3. The highest BCUT2D eigenvalue weighted by Crippen LogP contribution is 2.21. The maximum atomic E-state index is 13.0. The molecule has 1 aromatic rings. The van der Waals surface area contributed by atoms with E-state index in [1.165, 1.54) is 12.1 Å². The largest absolute Gasteiger partial charge is 0.481 e. The summed E-state index contributed by atoms with van der Waals surface area (Å²) < 4.78 is 13.0. The molecule has 0 saturated heterocycles. The Balaban J connectivity index is 2.91. The van der Waals surface area contributed by atoms with Crippen LogP contribution in [0.3, 0.4) is 0 Å². The highest BCUT2D eigenvalue weighted by atomic mass is 19.1. The third-order valence-corrected chi connectivity index (χ3v) is 2.13. The van der Waals surface area contributed by atoms with Crippen LogP contribution in [-0.2, 0) is 11.2 Å². The average Bonchev–Trinajstić information content (AvgIpc) is 2.14. The van der Waals surface area contributed by atoms with Gasteiger partial charge in [0, 0.05) is 26.2 Å². The third kappa shape index (κ3) is 3.23. The number of benzene rings is 1. The number of aryl methyl sites for hydroxylation is 1. The molecule has 0 atom stereocenters. The lowest BCUT2D eigenvalue weighted by atomic mass is 10.1. The molecule has 0 spiro atoms. The van der Waals surface area contributed by atoms with Crippen LogP contribution < -0.4 is 4.90 Å². The zero-order valence-electron chi connectivity index (χ0n) is 8.83. The second-order valence-electron chi connectivity index (χ2n) is 3.56. The van der Waals surface area contributed by atoms with E-state index in [0.717, 1.165) is 11.3 Å². The number of carbonyl (C=O) groups is 1. The molecule has 0 fully saturated rings. The number of halogens is 1. The van der Waals surface area contributed by atoms with Crippen LogP contribution in [-0.4, -0.2) is 25.2 Å². The van der Waals surface area contributed by atoms with E-state index in [0.29, 0.717) is 6.42 Å². The molecule has 0 unspecified atom stereocenters. The molecule has 0 amide bonds. The second kappa shape index (κ2) is 4.77. The summed E-state index contributed by atoms with van der Waals surface area (Å²) in [5.41, 5.74) is 1.58. The van der Waals surface area contributed by atoms with Gasteiger partial charge >= 0.3 is 5.97 Å². The number of nitrogens with zero attached hydrogens (tertiary/aromatic N) is 1. The maximum absolute atomic E-state index is 13.0. The van der Waals surface area contributed by atoms with E-state index in [2.05, 4.69) is 0 Å². The Labute approximate surface area is 88.1 Å². The van der Waals surface area contributed by atoms with E-state index in [9.17, 15) is 9.18 Å². The normalized spacial score (nSPS) is 10.1. The quantitative estimate of drug-likeness (QED) is 0.827. The number of rotatable bonds is 4. The summed E-state index contributed by atoms with van der Waals surface area (Å²) in [6.45, 7) is 0. The Bertz CT molecular complexity index is 364. The Morgan fingerprint density at radius 1 is 1.47 bits per heavy atom. The smallest absolute Gasteiger partial charge is 0.303 e. The van der Waals surface area contributed by atoms with Gasteiger partial charge in [0.1, 0.15) is 5.82 Å². The fraction of sp³-hybridized carbons (Fsp3) is 0.364. The van der Waals surface area contributed by atoms with Gasteiger partial charge in [-0.1, -0.05) is 0 Å². The van der Waals surface area contributed by atoms with Gasteiger partial charge in [0.2, 0.25) is 0 Å². The first-order chi connectivity index (χ1) is 7.00. The molecule has 4 heteroatoms. The second-order valence-corrected chi connectivity index (χ2v) is 3.56. The van der Waals surface area contributed by atoms with Gasteiger partial charge < -0.3 is 10.0 Å². The minimum atomic E-state index is -0.871. The Morgan fingerprint density at radius 2 is 2.13 bits per heavy atom. The minimum Gasteiger partial charge on any atom is -0.481 e. The third-order valence-electron chi connectivity index (χ3n) is 2.13. The van der Waals surface area contributed by atoms with Crippen molar-refractivity contribution in [1.29, 1.82) is 0 Å². The van der Waals surface area contributed by atoms with Crippen molar-refractivity contribution < 1.29 is 14.3 Å². The average molecular weight is 211 g/mol. The summed E-state index contributed by atoms with van der Waals surface area (Å²) >= 11 is 0. The molecular formula is C11H14FNO2. The predicted octanol–water partition coefficient (Wildman–Crippen LogP) is 1.91. The first kappa shape index (κ1) is 11.5. The van der Waals surface area contributed by atoms with Gasteiger partial charge in [-0.05, 0) is 30.2 Å². The first-order valence-corrected chi connectivity index (χ1v) is 4.68. The number of aliphatic carboxylic acids is 1. The fourth-order valence-corrected chi connectivity index (χ4v) is 1.43. The zero-order chi connectivity index (χ0) is 11.4. The van der Waals surface area contributed by atoms with Crippen molar-refractivity contribution in [3.63, 3.8) is 0 Å². The standard InChI is InChI=1S/C11H14FNO2/c1-13(2)10-5-4-9(12)7-8(10)3-6-11(14)15/h4-5,7H,3,6H2,1-2H3,(H,14,15). The Kier molecular flexibility index (Phi) is 3.66. The van der Waals surface area contributed by atoms with E-state index in [1.54, 1.807) is 6.07 Å². The van der Waals surface area contributed by atoms with Crippen LogP contribution >= 0.6 is 0 Å². The van der Waals surface area contributed by atoms with Gasteiger partial charge in [0.05, 0.1) is 0 Å². The van der Waals surface area contributed by atoms with Crippen molar-refractivity contribution in [3.8, 4) is 0 Å². The predicted molar refractivity (Wildman–Crippen MR) is 56.7 cm³/mol. The highest BCUT2D eigenvalue weighted by molar-refractivity contribution is 5.67. The topological polar surface area (TPSA) is 40.5 Å². The van der Waals surface area contributed by atoms with Crippen molar-refractivity contribution in [2.75, 3.05) is 19.0 Å². The van der Waals surface area contributed by atoms with Crippen LogP contribution in [0.25, 0.3) is 0 Å². The lowest BCUT2D eigenvalue weighted by Crippen LogP contribution is -2.12. The van der Waals surface area contributed by atoms with Crippen molar-refractivity contribution in [3.05, 3.63) is 29.6 Å². The molecule has 0 aromatic heterocycles. The molecule has 0 aliphatic carbocycles. The molecule has 0 aliphatic heterocycles. The van der Waals surface area contributed by atoms with E-state index in [1.807, 2.05) is 19.0 Å². The minimum absolute atomic E-state index is 0.0181.